The average molecular weight is 436 g/mol. The lowest BCUT2D eigenvalue weighted by atomic mass is 10.2. The van der Waals surface area contributed by atoms with E-state index >= 15 is 0 Å². The van der Waals surface area contributed by atoms with Crippen molar-refractivity contribution in [2.45, 2.75) is 12.8 Å². The molecule has 0 bridgehead atoms. The lowest BCUT2D eigenvalue weighted by Gasteiger charge is -2.34. The Morgan fingerprint density at radius 1 is 1.00 bits per heavy atom. The summed E-state index contributed by atoms with van der Waals surface area (Å²) >= 11 is 6.88. The van der Waals surface area contributed by atoms with Gasteiger partial charge in [0.05, 0.1) is 5.69 Å². The molecule has 2 aromatic rings. The van der Waals surface area contributed by atoms with Crippen molar-refractivity contribution in [2.75, 3.05) is 42.7 Å². The summed E-state index contributed by atoms with van der Waals surface area (Å²) in [6, 6.07) is 8.77. The summed E-state index contributed by atoms with van der Waals surface area (Å²) < 4.78 is 0. The fraction of sp³-hybridized carbons (Fsp3) is 0.368. The second-order valence-electron chi connectivity index (χ2n) is 6.48. The van der Waals surface area contributed by atoms with Crippen LogP contribution in [0.2, 0.25) is 0 Å². The molecule has 29 heavy (non-hydrogen) atoms. The molecule has 0 saturated carbocycles. The molecule has 2 heterocycles. The van der Waals surface area contributed by atoms with Crippen molar-refractivity contribution in [2.24, 2.45) is 0 Å². The predicted molar refractivity (Wildman–Crippen MR) is 113 cm³/mol. The number of rotatable bonds is 6. The van der Waals surface area contributed by atoms with Crippen molar-refractivity contribution in [3.05, 3.63) is 41.4 Å². The molecule has 4 amide bonds. The topological polar surface area (TPSA) is 94.6 Å². The first-order valence-corrected chi connectivity index (χ1v) is 10.7. The van der Waals surface area contributed by atoms with Crippen LogP contribution in [0.15, 0.2) is 35.7 Å². The number of urea groups is 1. The van der Waals surface area contributed by atoms with Crippen molar-refractivity contribution >= 4 is 51.6 Å². The molecule has 0 radical (unpaired) electrons. The van der Waals surface area contributed by atoms with E-state index < -0.39 is 0 Å². The van der Waals surface area contributed by atoms with Gasteiger partial charge in [-0.25, -0.2) is 9.78 Å². The zero-order valence-corrected chi connectivity index (χ0v) is 17.3. The number of piperazine rings is 1. The number of thiazole rings is 1. The molecule has 0 spiro atoms. The lowest BCUT2D eigenvalue weighted by Crippen LogP contribution is -2.51. The molecule has 154 valence electrons. The van der Waals surface area contributed by atoms with Crippen molar-refractivity contribution in [3.8, 4) is 0 Å². The SMILES string of the molecule is O=C(Nc1ccccc1)Nc1nc(CCC(=O)N2CCN(C(=O)CCl)CC2)cs1. The number of alkyl halides is 1. The third-order valence-corrected chi connectivity index (χ3v) is 5.53. The van der Waals surface area contributed by atoms with Crippen LogP contribution in [0.1, 0.15) is 12.1 Å². The minimum absolute atomic E-state index is 0.0302. The van der Waals surface area contributed by atoms with Crippen LogP contribution in [0.25, 0.3) is 0 Å². The van der Waals surface area contributed by atoms with Gasteiger partial charge in [-0.3, -0.25) is 14.9 Å². The van der Waals surface area contributed by atoms with E-state index in [0.717, 1.165) is 5.69 Å². The van der Waals surface area contributed by atoms with Crippen molar-refractivity contribution in [3.63, 3.8) is 0 Å². The molecule has 1 aromatic heterocycles. The number of aryl methyl sites for hydroxylation is 1. The fourth-order valence-corrected chi connectivity index (χ4v) is 3.85. The minimum Gasteiger partial charge on any atom is -0.339 e. The van der Waals surface area contributed by atoms with Gasteiger partial charge in [0.15, 0.2) is 5.13 Å². The Morgan fingerprint density at radius 2 is 1.66 bits per heavy atom. The summed E-state index contributed by atoms with van der Waals surface area (Å²) in [5.41, 5.74) is 1.45. The van der Waals surface area contributed by atoms with E-state index in [-0.39, 0.29) is 23.7 Å². The molecule has 8 nitrogen and oxygen atoms in total. The summed E-state index contributed by atoms with van der Waals surface area (Å²) in [6.45, 7) is 2.06. The van der Waals surface area contributed by atoms with E-state index in [1.807, 2.05) is 23.6 Å². The fourth-order valence-electron chi connectivity index (χ4n) is 2.94. The number of para-hydroxylation sites is 1. The van der Waals surface area contributed by atoms with Crippen LogP contribution in [0.5, 0.6) is 0 Å². The monoisotopic (exact) mass is 435 g/mol. The number of anilines is 2. The highest BCUT2D eigenvalue weighted by Gasteiger charge is 2.23. The van der Waals surface area contributed by atoms with Crippen LogP contribution in [-0.2, 0) is 16.0 Å². The molecule has 1 aromatic carbocycles. The first-order valence-electron chi connectivity index (χ1n) is 9.24. The Kier molecular flexibility index (Phi) is 7.42. The molecule has 3 rings (SSSR count). The highest BCUT2D eigenvalue weighted by atomic mass is 35.5. The Hall–Kier alpha value is -2.65. The van der Waals surface area contributed by atoms with Crippen LogP contribution >= 0.6 is 22.9 Å². The Bertz CT molecular complexity index is 853. The number of hydrogen-bond donors (Lipinski definition) is 2. The van der Waals surface area contributed by atoms with Crippen molar-refractivity contribution < 1.29 is 14.4 Å². The molecule has 2 N–H and O–H groups in total. The maximum Gasteiger partial charge on any atom is 0.325 e. The summed E-state index contributed by atoms with van der Waals surface area (Å²) in [5, 5.41) is 7.74. The molecular formula is C19H22ClN5O3S. The van der Waals surface area contributed by atoms with Gasteiger partial charge in [-0.1, -0.05) is 18.2 Å². The van der Waals surface area contributed by atoms with Gasteiger partial charge in [-0.2, -0.15) is 0 Å². The van der Waals surface area contributed by atoms with Gasteiger partial charge in [-0.15, -0.1) is 22.9 Å². The maximum atomic E-state index is 12.4. The maximum absolute atomic E-state index is 12.4. The Balaban J connectivity index is 1.41. The van der Waals surface area contributed by atoms with Crippen molar-refractivity contribution in [1.82, 2.24) is 14.8 Å². The van der Waals surface area contributed by atoms with E-state index in [4.69, 9.17) is 11.6 Å². The zero-order valence-electron chi connectivity index (χ0n) is 15.8. The predicted octanol–water partition coefficient (Wildman–Crippen LogP) is 2.63. The van der Waals surface area contributed by atoms with Crippen LogP contribution < -0.4 is 10.6 Å². The van der Waals surface area contributed by atoms with Gasteiger partial charge in [0.25, 0.3) is 0 Å². The highest BCUT2D eigenvalue weighted by Crippen LogP contribution is 2.18. The van der Waals surface area contributed by atoms with Gasteiger partial charge >= 0.3 is 6.03 Å². The summed E-state index contributed by atoms with van der Waals surface area (Å²) in [7, 11) is 0. The van der Waals surface area contributed by atoms with E-state index in [2.05, 4.69) is 15.6 Å². The highest BCUT2D eigenvalue weighted by molar-refractivity contribution is 7.13. The number of carbonyl (C=O) groups excluding carboxylic acids is 3. The van der Waals surface area contributed by atoms with Gasteiger partial charge in [-0.05, 0) is 18.6 Å². The summed E-state index contributed by atoms with van der Waals surface area (Å²) in [5.74, 6) is -0.0952. The van der Waals surface area contributed by atoms with E-state index in [1.165, 1.54) is 11.3 Å². The number of halogens is 1. The molecule has 1 fully saturated rings. The Morgan fingerprint density at radius 3 is 2.31 bits per heavy atom. The lowest BCUT2D eigenvalue weighted by molar-refractivity contribution is -0.138. The number of aromatic nitrogens is 1. The summed E-state index contributed by atoms with van der Waals surface area (Å²) in [4.78, 5) is 43.8. The molecule has 0 unspecified atom stereocenters. The molecular weight excluding hydrogens is 414 g/mol. The van der Waals surface area contributed by atoms with E-state index in [0.29, 0.717) is 49.8 Å². The van der Waals surface area contributed by atoms with Crippen molar-refractivity contribution in [1.29, 1.82) is 0 Å². The first-order chi connectivity index (χ1) is 14.0. The van der Waals surface area contributed by atoms with Crippen LogP contribution in [0, 0.1) is 0 Å². The standard InChI is InChI=1S/C19H22ClN5O3S/c20-12-17(27)25-10-8-24(9-11-25)16(26)7-6-15-13-29-19(22-15)23-18(28)21-14-4-2-1-3-5-14/h1-5,13H,6-12H2,(H2,21,22,23,28). The Labute approximate surface area is 177 Å². The van der Waals surface area contributed by atoms with Crippen LogP contribution in [0.4, 0.5) is 15.6 Å². The average Bonchev–Trinajstić information content (AvgIpc) is 3.19. The number of carbonyl (C=O) groups is 3. The van der Waals surface area contributed by atoms with Crippen LogP contribution in [0.3, 0.4) is 0 Å². The number of nitrogens with zero attached hydrogens (tertiary/aromatic N) is 3. The molecule has 1 aliphatic rings. The third kappa shape index (κ3) is 6.16. The van der Waals surface area contributed by atoms with E-state index in [1.54, 1.807) is 21.9 Å². The number of hydrogen-bond acceptors (Lipinski definition) is 5. The number of amides is 4. The number of nitrogens with one attached hydrogen (secondary N) is 2. The van der Waals surface area contributed by atoms with Crippen LogP contribution in [-0.4, -0.2) is 64.7 Å². The smallest absolute Gasteiger partial charge is 0.325 e. The largest absolute Gasteiger partial charge is 0.339 e. The molecule has 1 aliphatic heterocycles. The minimum atomic E-state index is -0.363. The van der Waals surface area contributed by atoms with Gasteiger partial charge < -0.3 is 15.1 Å². The zero-order chi connectivity index (χ0) is 20.6. The van der Waals surface area contributed by atoms with Gasteiger partial charge in [0, 0.05) is 43.7 Å². The van der Waals surface area contributed by atoms with Gasteiger partial charge in [0.2, 0.25) is 11.8 Å². The molecule has 0 atom stereocenters. The summed E-state index contributed by atoms with van der Waals surface area (Å²) in [6.07, 6.45) is 0.834. The normalized spacial score (nSPS) is 13.8. The molecule has 10 heteroatoms. The second kappa shape index (κ2) is 10.2. The second-order valence-corrected chi connectivity index (χ2v) is 7.61. The molecule has 0 aliphatic carbocycles. The first kappa shape index (κ1) is 21.1. The van der Waals surface area contributed by atoms with E-state index in [9.17, 15) is 14.4 Å². The van der Waals surface area contributed by atoms with Gasteiger partial charge in [0.1, 0.15) is 5.88 Å². The third-order valence-electron chi connectivity index (χ3n) is 4.50. The number of benzene rings is 1. The quantitative estimate of drug-likeness (QED) is 0.682. The molecule has 1 saturated heterocycles.